The summed E-state index contributed by atoms with van der Waals surface area (Å²) < 4.78 is 2.00. The van der Waals surface area contributed by atoms with E-state index in [1.54, 1.807) is 6.33 Å². The molecule has 1 aromatic heterocycles. The van der Waals surface area contributed by atoms with Gasteiger partial charge in [0.05, 0.1) is 6.54 Å². The average Bonchev–Trinajstić information content (AvgIpc) is 2.66. The first-order valence-corrected chi connectivity index (χ1v) is 7.74. The first-order chi connectivity index (χ1) is 8.33. The number of rotatable bonds is 4. The topological polar surface area (TPSA) is 34.0 Å². The maximum absolute atomic E-state index is 4.37. The molecular weight excluding hydrogens is 232 g/mol. The summed E-state index contributed by atoms with van der Waals surface area (Å²) >= 11 is 2.00. The van der Waals surface area contributed by atoms with Crippen LogP contribution in [0.4, 0.5) is 0 Å². The second-order valence-corrected chi connectivity index (χ2v) is 5.72. The van der Waals surface area contributed by atoms with Crippen LogP contribution in [-0.4, -0.2) is 44.3 Å². The third-order valence-corrected chi connectivity index (χ3v) is 4.46. The molecule has 2 heterocycles. The van der Waals surface area contributed by atoms with Gasteiger partial charge < -0.3 is 0 Å². The highest BCUT2D eigenvalue weighted by molar-refractivity contribution is 7.99. The molecule has 1 aromatic rings. The van der Waals surface area contributed by atoms with Crippen LogP contribution in [0.1, 0.15) is 32.0 Å². The minimum absolute atomic E-state index is 0.787. The van der Waals surface area contributed by atoms with E-state index in [1.807, 2.05) is 16.4 Å². The van der Waals surface area contributed by atoms with Gasteiger partial charge in [-0.1, -0.05) is 6.42 Å². The van der Waals surface area contributed by atoms with Gasteiger partial charge in [-0.15, -0.1) is 0 Å². The minimum atomic E-state index is 0.787. The zero-order valence-corrected chi connectivity index (χ0v) is 11.6. The lowest BCUT2D eigenvalue weighted by Gasteiger charge is -2.22. The molecule has 4 nitrogen and oxygen atoms in total. The van der Waals surface area contributed by atoms with E-state index in [-0.39, 0.29) is 0 Å². The third-order valence-electron chi connectivity index (χ3n) is 3.41. The average molecular weight is 254 g/mol. The Labute approximate surface area is 108 Å². The number of likely N-dealkylation sites (tertiary alicyclic amines) is 1. The van der Waals surface area contributed by atoms with Crippen molar-refractivity contribution < 1.29 is 0 Å². The van der Waals surface area contributed by atoms with E-state index >= 15 is 0 Å². The molecule has 0 aliphatic carbocycles. The third kappa shape index (κ3) is 3.45. The molecule has 1 fully saturated rings. The Morgan fingerprint density at radius 2 is 2.35 bits per heavy atom. The van der Waals surface area contributed by atoms with Crippen LogP contribution in [0.25, 0.3) is 0 Å². The molecule has 0 aromatic carbocycles. The van der Waals surface area contributed by atoms with Gasteiger partial charge in [-0.2, -0.15) is 16.9 Å². The van der Waals surface area contributed by atoms with Crippen molar-refractivity contribution in [3.05, 3.63) is 12.2 Å². The lowest BCUT2D eigenvalue weighted by atomic mass is 10.2. The van der Waals surface area contributed by atoms with E-state index in [4.69, 9.17) is 0 Å². The van der Waals surface area contributed by atoms with Gasteiger partial charge in [-0.3, -0.25) is 4.90 Å². The summed E-state index contributed by atoms with van der Waals surface area (Å²) in [6.07, 6.45) is 7.93. The van der Waals surface area contributed by atoms with Gasteiger partial charge in [0.2, 0.25) is 0 Å². The second kappa shape index (κ2) is 6.40. The van der Waals surface area contributed by atoms with E-state index < -0.39 is 0 Å². The van der Waals surface area contributed by atoms with Crippen molar-refractivity contribution in [2.24, 2.45) is 0 Å². The van der Waals surface area contributed by atoms with Gasteiger partial charge in [0, 0.05) is 18.3 Å². The second-order valence-electron chi connectivity index (χ2n) is 4.58. The number of thioether (sulfide) groups is 1. The smallest absolute Gasteiger partial charge is 0.140 e. The number of aromatic nitrogens is 3. The molecule has 0 radical (unpaired) electrons. The molecule has 1 unspecified atom stereocenters. The first kappa shape index (κ1) is 12.9. The predicted molar refractivity (Wildman–Crippen MR) is 72.1 cm³/mol. The van der Waals surface area contributed by atoms with Gasteiger partial charge >= 0.3 is 0 Å². The highest BCUT2D eigenvalue weighted by Gasteiger charge is 2.18. The molecule has 1 atom stereocenters. The highest BCUT2D eigenvalue weighted by atomic mass is 32.2. The summed E-state index contributed by atoms with van der Waals surface area (Å²) in [7, 11) is 0. The Bertz CT molecular complexity index is 339. The van der Waals surface area contributed by atoms with Crippen LogP contribution in [0.5, 0.6) is 0 Å². The number of nitrogens with zero attached hydrogens (tertiary/aromatic N) is 4. The van der Waals surface area contributed by atoms with Crippen LogP contribution in [0.15, 0.2) is 6.33 Å². The molecule has 0 N–H and O–H groups in total. The van der Waals surface area contributed by atoms with Crippen molar-refractivity contribution in [2.75, 3.05) is 19.3 Å². The molecule has 17 heavy (non-hydrogen) atoms. The largest absolute Gasteiger partial charge is 0.295 e. The first-order valence-electron chi connectivity index (χ1n) is 6.45. The normalized spacial score (nSPS) is 22.6. The van der Waals surface area contributed by atoms with Crippen LogP contribution in [0.3, 0.4) is 0 Å². The summed E-state index contributed by atoms with van der Waals surface area (Å²) in [5, 5.41) is 5.02. The molecule has 2 rings (SSSR count). The lowest BCUT2D eigenvalue weighted by Crippen LogP contribution is -2.30. The Morgan fingerprint density at radius 1 is 1.47 bits per heavy atom. The Morgan fingerprint density at radius 3 is 3.12 bits per heavy atom. The fraction of sp³-hybridized carbons (Fsp3) is 0.833. The van der Waals surface area contributed by atoms with E-state index in [0.29, 0.717) is 0 Å². The Balaban J connectivity index is 1.97. The van der Waals surface area contributed by atoms with Gasteiger partial charge in [0.25, 0.3) is 0 Å². The summed E-state index contributed by atoms with van der Waals surface area (Å²) in [6.45, 7) is 6.37. The SMILES string of the molecule is CCn1ncnc1CN1CCCCC(SC)C1. The zero-order valence-electron chi connectivity index (χ0n) is 10.8. The van der Waals surface area contributed by atoms with Crippen LogP contribution in [0, 0.1) is 0 Å². The van der Waals surface area contributed by atoms with Crippen molar-refractivity contribution in [1.29, 1.82) is 0 Å². The van der Waals surface area contributed by atoms with Crippen molar-refractivity contribution in [1.82, 2.24) is 19.7 Å². The molecule has 0 spiro atoms. The lowest BCUT2D eigenvalue weighted by molar-refractivity contribution is 0.267. The molecule has 5 heteroatoms. The van der Waals surface area contributed by atoms with Gasteiger partial charge in [0.1, 0.15) is 12.2 Å². The van der Waals surface area contributed by atoms with Crippen LogP contribution in [0.2, 0.25) is 0 Å². The fourth-order valence-electron chi connectivity index (χ4n) is 2.39. The van der Waals surface area contributed by atoms with E-state index in [1.165, 1.54) is 32.4 Å². The van der Waals surface area contributed by atoms with Gasteiger partial charge in [-0.25, -0.2) is 9.67 Å². The van der Waals surface area contributed by atoms with Crippen molar-refractivity contribution in [2.45, 2.75) is 44.5 Å². The Hall–Kier alpha value is -0.550. The molecule has 1 saturated heterocycles. The van der Waals surface area contributed by atoms with Gasteiger partial charge in [-0.05, 0) is 32.6 Å². The molecular formula is C12H22N4S. The minimum Gasteiger partial charge on any atom is -0.295 e. The van der Waals surface area contributed by atoms with E-state index in [9.17, 15) is 0 Å². The summed E-state index contributed by atoms with van der Waals surface area (Å²) in [5.41, 5.74) is 0. The van der Waals surface area contributed by atoms with Crippen LogP contribution in [-0.2, 0) is 13.1 Å². The molecule has 1 aliphatic rings. The van der Waals surface area contributed by atoms with Crippen molar-refractivity contribution in [3.8, 4) is 0 Å². The molecule has 96 valence electrons. The summed E-state index contributed by atoms with van der Waals surface area (Å²) in [5.74, 6) is 1.11. The standard InChI is InChI=1S/C12H22N4S/c1-3-16-12(13-10-14-16)9-15-7-5-4-6-11(8-15)17-2/h10-11H,3-9H2,1-2H3. The zero-order chi connectivity index (χ0) is 12.1. The summed E-state index contributed by atoms with van der Waals surface area (Å²) in [6, 6.07) is 0. The van der Waals surface area contributed by atoms with Crippen molar-refractivity contribution in [3.63, 3.8) is 0 Å². The van der Waals surface area contributed by atoms with E-state index in [0.717, 1.165) is 24.2 Å². The molecule has 0 bridgehead atoms. The summed E-state index contributed by atoms with van der Waals surface area (Å²) in [4.78, 5) is 6.90. The highest BCUT2D eigenvalue weighted by Crippen LogP contribution is 2.20. The maximum Gasteiger partial charge on any atom is 0.140 e. The Kier molecular flexibility index (Phi) is 4.86. The number of hydrogen-bond donors (Lipinski definition) is 0. The number of aryl methyl sites for hydroxylation is 1. The molecule has 1 aliphatic heterocycles. The van der Waals surface area contributed by atoms with Crippen LogP contribution < -0.4 is 0 Å². The fourth-order valence-corrected chi connectivity index (χ4v) is 3.15. The predicted octanol–water partition coefficient (Wildman–Crippen LogP) is 2.02. The quantitative estimate of drug-likeness (QED) is 0.823. The molecule has 0 amide bonds. The van der Waals surface area contributed by atoms with Crippen molar-refractivity contribution >= 4 is 11.8 Å². The molecule has 0 saturated carbocycles. The monoisotopic (exact) mass is 254 g/mol. The maximum atomic E-state index is 4.37. The van der Waals surface area contributed by atoms with Gasteiger partial charge in [0.15, 0.2) is 0 Å². The van der Waals surface area contributed by atoms with Crippen LogP contribution >= 0.6 is 11.8 Å². The van der Waals surface area contributed by atoms with E-state index in [2.05, 4.69) is 28.2 Å². The number of hydrogen-bond acceptors (Lipinski definition) is 4.